The van der Waals surface area contributed by atoms with Crippen molar-refractivity contribution >= 4 is 17.6 Å². The van der Waals surface area contributed by atoms with E-state index in [0.29, 0.717) is 6.54 Å². The first kappa shape index (κ1) is 14.6. The van der Waals surface area contributed by atoms with Crippen LogP contribution >= 0.6 is 0 Å². The summed E-state index contributed by atoms with van der Waals surface area (Å²) in [5.41, 5.74) is 0.389. The molecule has 118 valence electrons. The predicted molar refractivity (Wildman–Crippen MR) is 83.2 cm³/mol. The van der Waals surface area contributed by atoms with Crippen molar-refractivity contribution in [3.05, 3.63) is 24.8 Å². The van der Waals surface area contributed by atoms with Crippen molar-refractivity contribution in [3.8, 4) is 0 Å². The Morgan fingerprint density at radius 2 is 2.00 bits per heavy atom. The minimum Gasteiger partial charge on any atom is -0.465 e. The molecule has 2 aromatic heterocycles. The van der Waals surface area contributed by atoms with Gasteiger partial charge in [-0.2, -0.15) is 0 Å². The second-order valence-electron chi connectivity index (χ2n) is 6.62. The van der Waals surface area contributed by atoms with Crippen LogP contribution in [0.5, 0.6) is 0 Å². The van der Waals surface area contributed by atoms with Gasteiger partial charge in [0.05, 0.1) is 6.04 Å². The van der Waals surface area contributed by atoms with E-state index in [-0.39, 0.29) is 6.04 Å². The Labute approximate surface area is 129 Å². The molecule has 22 heavy (non-hydrogen) atoms. The molecule has 1 aliphatic rings. The first-order valence-corrected chi connectivity index (χ1v) is 7.43. The van der Waals surface area contributed by atoms with Gasteiger partial charge in [0.2, 0.25) is 0 Å². The van der Waals surface area contributed by atoms with Crippen LogP contribution in [0.1, 0.15) is 27.2 Å². The molecule has 0 radical (unpaired) electrons. The maximum atomic E-state index is 11.6. The number of carbonyl (C=O) groups is 1. The molecule has 0 unspecified atom stereocenters. The summed E-state index contributed by atoms with van der Waals surface area (Å²) in [6.07, 6.45) is 7.16. The van der Waals surface area contributed by atoms with Crippen LogP contribution in [0, 0.1) is 0 Å². The summed E-state index contributed by atoms with van der Waals surface area (Å²) < 4.78 is 1.92. The van der Waals surface area contributed by atoms with Gasteiger partial charge in [-0.25, -0.2) is 14.8 Å². The van der Waals surface area contributed by atoms with Crippen molar-refractivity contribution in [2.24, 2.45) is 0 Å². The molecule has 1 saturated heterocycles. The Kier molecular flexibility index (Phi) is 3.42. The number of amides is 1. The number of aromatic nitrogens is 3. The molecule has 0 spiro atoms. The number of rotatable bonds is 2. The molecule has 3 rings (SSSR count). The van der Waals surface area contributed by atoms with Gasteiger partial charge in [0.25, 0.3) is 0 Å². The van der Waals surface area contributed by atoms with E-state index in [2.05, 4.69) is 14.9 Å². The summed E-state index contributed by atoms with van der Waals surface area (Å²) >= 11 is 0. The molecule has 1 atom stereocenters. The predicted octanol–water partition coefficient (Wildman–Crippen LogP) is 2.09. The van der Waals surface area contributed by atoms with Gasteiger partial charge in [-0.15, -0.1) is 0 Å². The van der Waals surface area contributed by atoms with Crippen LogP contribution < -0.4 is 4.90 Å². The Hall–Kier alpha value is -2.31. The van der Waals surface area contributed by atoms with Crippen molar-refractivity contribution < 1.29 is 9.90 Å². The maximum Gasteiger partial charge on any atom is 0.408 e. The molecule has 3 heterocycles. The smallest absolute Gasteiger partial charge is 0.408 e. The fraction of sp³-hybridized carbons (Fsp3) is 0.533. The number of fused-ring (bicyclic) bond motifs is 1. The van der Waals surface area contributed by atoms with Crippen LogP contribution in [0.25, 0.3) is 5.65 Å². The van der Waals surface area contributed by atoms with Crippen molar-refractivity contribution in [3.63, 3.8) is 0 Å². The Morgan fingerprint density at radius 3 is 2.64 bits per heavy atom. The Balaban J connectivity index is 1.86. The van der Waals surface area contributed by atoms with Gasteiger partial charge < -0.3 is 14.4 Å². The molecule has 0 saturated carbocycles. The highest BCUT2D eigenvalue weighted by Gasteiger charge is 2.38. The quantitative estimate of drug-likeness (QED) is 0.919. The zero-order valence-corrected chi connectivity index (χ0v) is 13.1. The normalized spacial score (nSPS) is 18.9. The van der Waals surface area contributed by atoms with Crippen molar-refractivity contribution in [1.29, 1.82) is 0 Å². The third-order valence-electron chi connectivity index (χ3n) is 4.05. The van der Waals surface area contributed by atoms with Gasteiger partial charge in [0, 0.05) is 43.4 Å². The maximum absolute atomic E-state index is 11.6. The van der Waals surface area contributed by atoms with Crippen molar-refractivity contribution in [1.82, 2.24) is 19.3 Å². The third-order valence-corrected chi connectivity index (χ3v) is 4.05. The average molecular weight is 303 g/mol. The first-order valence-electron chi connectivity index (χ1n) is 7.43. The molecule has 2 aromatic rings. The highest BCUT2D eigenvalue weighted by Crippen LogP contribution is 2.28. The lowest BCUT2D eigenvalue weighted by Crippen LogP contribution is -2.52. The summed E-state index contributed by atoms with van der Waals surface area (Å²) in [4.78, 5) is 24.1. The number of hydrogen-bond donors (Lipinski definition) is 1. The Morgan fingerprint density at radius 1 is 1.32 bits per heavy atom. The lowest BCUT2D eigenvalue weighted by Gasteiger charge is -2.37. The lowest BCUT2D eigenvalue weighted by molar-refractivity contribution is 0.0763. The van der Waals surface area contributed by atoms with Gasteiger partial charge in [0.15, 0.2) is 11.5 Å². The van der Waals surface area contributed by atoms with Gasteiger partial charge >= 0.3 is 6.09 Å². The molecule has 1 aliphatic heterocycles. The van der Waals surface area contributed by atoms with E-state index in [9.17, 15) is 9.90 Å². The van der Waals surface area contributed by atoms with Crippen LogP contribution in [-0.2, 0) is 0 Å². The molecule has 1 amide bonds. The third kappa shape index (κ3) is 2.47. The largest absolute Gasteiger partial charge is 0.465 e. The van der Waals surface area contributed by atoms with E-state index in [1.165, 1.54) is 0 Å². The molecule has 7 heteroatoms. The van der Waals surface area contributed by atoms with Gasteiger partial charge in [0.1, 0.15) is 0 Å². The minimum atomic E-state index is -0.869. The number of hydrogen-bond acceptors (Lipinski definition) is 4. The highest BCUT2D eigenvalue weighted by molar-refractivity contribution is 5.68. The van der Waals surface area contributed by atoms with Crippen LogP contribution in [0.2, 0.25) is 0 Å². The topological polar surface area (TPSA) is 74.0 Å². The lowest BCUT2D eigenvalue weighted by atomic mass is 10.0. The van der Waals surface area contributed by atoms with E-state index >= 15 is 0 Å². The molecule has 0 aromatic carbocycles. The standard InChI is InChI=1S/C15H21N5O2/c1-15(2,3)20(14(21)22)11-4-7-19(10-11)13-12-16-5-8-18(12)9-6-17-13/h5-6,8-9,11H,4,7,10H2,1-3H3,(H,21,22)/t11-/m0/s1. The van der Waals surface area contributed by atoms with E-state index in [1.807, 2.05) is 37.6 Å². The fourth-order valence-electron chi connectivity index (χ4n) is 3.20. The minimum absolute atomic E-state index is 0.0329. The molecular formula is C15H21N5O2. The summed E-state index contributed by atoms with van der Waals surface area (Å²) in [6, 6.07) is -0.0329. The summed E-state index contributed by atoms with van der Waals surface area (Å²) in [5, 5.41) is 9.54. The van der Waals surface area contributed by atoms with E-state index in [0.717, 1.165) is 24.4 Å². The first-order chi connectivity index (χ1) is 10.4. The average Bonchev–Trinajstić information content (AvgIpc) is 3.04. The van der Waals surface area contributed by atoms with Crippen LogP contribution in [0.15, 0.2) is 24.8 Å². The monoisotopic (exact) mass is 303 g/mol. The highest BCUT2D eigenvalue weighted by atomic mass is 16.4. The zero-order chi connectivity index (χ0) is 15.9. The number of anilines is 1. The van der Waals surface area contributed by atoms with Crippen LogP contribution in [-0.4, -0.2) is 55.1 Å². The zero-order valence-electron chi connectivity index (χ0n) is 13.1. The number of carboxylic acid groups (broad SMARTS) is 1. The Bertz CT molecular complexity index is 691. The van der Waals surface area contributed by atoms with Gasteiger partial charge in [-0.1, -0.05) is 0 Å². The second-order valence-corrected chi connectivity index (χ2v) is 6.62. The van der Waals surface area contributed by atoms with Gasteiger partial charge in [-0.05, 0) is 27.2 Å². The fourth-order valence-corrected chi connectivity index (χ4v) is 3.20. The SMILES string of the molecule is CC(C)(C)N(C(=O)O)[C@H]1CCN(c2nccn3ccnc23)C1. The molecule has 1 fully saturated rings. The summed E-state index contributed by atoms with van der Waals surface area (Å²) in [5.74, 6) is 0.814. The number of imidazole rings is 1. The molecule has 0 bridgehead atoms. The van der Waals surface area contributed by atoms with Gasteiger partial charge in [-0.3, -0.25) is 4.90 Å². The molecular weight excluding hydrogens is 282 g/mol. The van der Waals surface area contributed by atoms with E-state index in [1.54, 1.807) is 17.3 Å². The molecule has 0 aliphatic carbocycles. The van der Waals surface area contributed by atoms with Crippen molar-refractivity contribution in [2.75, 3.05) is 18.0 Å². The van der Waals surface area contributed by atoms with E-state index < -0.39 is 11.6 Å². The number of nitrogens with zero attached hydrogens (tertiary/aromatic N) is 5. The summed E-state index contributed by atoms with van der Waals surface area (Å²) in [7, 11) is 0. The van der Waals surface area contributed by atoms with Crippen LogP contribution in [0.3, 0.4) is 0 Å². The van der Waals surface area contributed by atoms with Crippen LogP contribution in [0.4, 0.5) is 10.6 Å². The molecule has 7 nitrogen and oxygen atoms in total. The summed E-state index contributed by atoms with van der Waals surface area (Å²) in [6.45, 7) is 7.21. The van der Waals surface area contributed by atoms with E-state index in [4.69, 9.17) is 0 Å². The second kappa shape index (κ2) is 5.15. The molecule has 1 N–H and O–H groups in total. The van der Waals surface area contributed by atoms with Crippen molar-refractivity contribution in [2.45, 2.75) is 38.8 Å².